The van der Waals surface area contributed by atoms with Gasteiger partial charge in [0.1, 0.15) is 0 Å². The molecule has 0 saturated carbocycles. The molecule has 0 heterocycles. The lowest BCUT2D eigenvalue weighted by Gasteiger charge is -2.33. The Morgan fingerprint density at radius 2 is 1.95 bits per heavy atom. The molecule has 0 aliphatic rings. The van der Waals surface area contributed by atoms with Gasteiger partial charge < -0.3 is 15.0 Å². The van der Waals surface area contributed by atoms with Crippen LogP contribution in [0.5, 0.6) is 0 Å². The molecule has 120 valence electrons. The molecule has 0 fully saturated rings. The topological polar surface area (TPSA) is 24.5 Å². The third-order valence-electron chi connectivity index (χ3n) is 3.34. The summed E-state index contributed by atoms with van der Waals surface area (Å²) in [6, 6.07) is 6.57. The van der Waals surface area contributed by atoms with Crippen LogP contribution < -0.4 is 10.2 Å². The summed E-state index contributed by atoms with van der Waals surface area (Å²) in [5, 5.41) is 4.24. The van der Waals surface area contributed by atoms with E-state index in [1.54, 1.807) is 7.11 Å². The average Bonchev–Trinajstić information content (AvgIpc) is 2.41. The molecule has 1 N–H and O–H groups in total. The second-order valence-corrected chi connectivity index (χ2v) is 6.46. The summed E-state index contributed by atoms with van der Waals surface area (Å²) in [4.78, 5) is 2.40. The van der Waals surface area contributed by atoms with Crippen molar-refractivity contribution in [3.63, 3.8) is 0 Å². The molecule has 0 aliphatic carbocycles. The molecule has 0 spiro atoms. The number of hydrogen-bond acceptors (Lipinski definition) is 3. The maximum atomic E-state index is 6.50. The van der Waals surface area contributed by atoms with Crippen LogP contribution in [0.4, 0.5) is 5.69 Å². The van der Waals surface area contributed by atoms with Gasteiger partial charge in [-0.2, -0.15) is 0 Å². The number of benzene rings is 1. The predicted octanol–water partition coefficient (Wildman–Crippen LogP) is 3.95. The molecule has 0 radical (unpaired) electrons. The number of halogens is 1. The smallest absolute Gasteiger partial charge is 0.0643 e. The molecule has 21 heavy (non-hydrogen) atoms. The zero-order valence-electron chi connectivity index (χ0n) is 13.9. The highest BCUT2D eigenvalue weighted by atomic mass is 35.5. The van der Waals surface area contributed by atoms with Crippen molar-refractivity contribution in [2.24, 2.45) is 5.92 Å². The molecule has 0 unspecified atom stereocenters. The van der Waals surface area contributed by atoms with Crippen LogP contribution in [-0.4, -0.2) is 32.8 Å². The Morgan fingerprint density at radius 1 is 1.24 bits per heavy atom. The van der Waals surface area contributed by atoms with E-state index in [0.717, 1.165) is 37.0 Å². The molecule has 1 aromatic carbocycles. The van der Waals surface area contributed by atoms with Gasteiger partial charge >= 0.3 is 0 Å². The highest BCUT2D eigenvalue weighted by Crippen LogP contribution is 2.32. The van der Waals surface area contributed by atoms with Gasteiger partial charge in [0.2, 0.25) is 0 Å². The average molecular weight is 313 g/mol. The number of para-hydroxylation sites is 1. The first-order valence-corrected chi connectivity index (χ1v) is 8.08. The number of nitrogens with zero attached hydrogens (tertiary/aromatic N) is 1. The third-order valence-corrected chi connectivity index (χ3v) is 3.65. The van der Waals surface area contributed by atoms with Gasteiger partial charge in [-0.1, -0.05) is 37.6 Å². The second-order valence-electron chi connectivity index (χ2n) is 6.06. The largest absolute Gasteiger partial charge is 0.383 e. The minimum Gasteiger partial charge on any atom is -0.383 e. The van der Waals surface area contributed by atoms with Crippen molar-refractivity contribution < 1.29 is 4.74 Å². The fraction of sp³-hybridized carbons (Fsp3) is 0.647. The van der Waals surface area contributed by atoms with Crippen molar-refractivity contribution in [2.45, 2.75) is 40.3 Å². The maximum absolute atomic E-state index is 6.50. The first-order valence-electron chi connectivity index (χ1n) is 7.71. The number of nitrogens with one attached hydrogen (secondary N) is 1. The van der Waals surface area contributed by atoms with Crippen LogP contribution in [0.1, 0.15) is 33.3 Å². The van der Waals surface area contributed by atoms with Gasteiger partial charge in [-0.15, -0.1) is 0 Å². The monoisotopic (exact) mass is 312 g/mol. The molecule has 0 aromatic heterocycles. The summed E-state index contributed by atoms with van der Waals surface area (Å²) in [6.07, 6.45) is 0. The van der Waals surface area contributed by atoms with Crippen LogP contribution in [-0.2, 0) is 11.3 Å². The van der Waals surface area contributed by atoms with Gasteiger partial charge in [-0.3, -0.25) is 0 Å². The van der Waals surface area contributed by atoms with E-state index in [1.807, 2.05) is 12.1 Å². The Balaban J connectivity index is 2.96. The van der Waals surface area contributed by atoms with E-state index >= 15 is 0 Å². The van der Waals surface area contributed by atoms with Gasteiger partial charge in [0, 0.05) is 32.8 Å². The van der Waals surface area contributed by atoms with Crippen molar-refractivity contribution in [1.82, 2.24) is 5.32 Å². The van der Waals surface area contributed by atoms with Crippen LogP contribution in [0.25, 0.3) is 0 Å². The van der Waals surface area contributed by atoms with E-state index in [1.165, 1.54) is 5.56 Å². The van der Waals surface area contributed by atoms with Gasteiger partial charge in [-0.05, 0) is 31.4 Å². The third kappa shape index (κ3) is 5.85. The lowest BCUT2D eigenvalue weighted by atomic mass is 10.1. The molecule has 0 atom stereocenters. The molecule has 0 bridgehead atoms. The molecular weight excluding hydrogens is 284 g/mol. The van der Waals surface area contributed by atoms with Crippen molar-refractivity contribution in [3.8, 4) is 0 Å². The molecule has 0 aliphatic heterocycles. The number of ether oxygens (including phenoxy) is 1. The quantitative estimate of drug-likeness (QED) is 0.699. The second kappa shape index (κ2) is 9.29. The zero-order chi connectivity index (χ0) is 15.8. The normalized spacial score (nSPS) is 11.4. The van der Waals surface area contributed by atoms with Gasteiger partial charge in [-0.25, -0.2) is 0 Å². The number of anilines is 1. The molecule has 1 aromatic rings. The summed E-state index contributed by atoms with van der Waals surface area (Å²) in [6.45, 7) is 12.3. The van der Waals surface area contributed by atoms with E-state index in [9.17, 15) is 0 Å². The minimum absolute atomic E-state index is 0.421. The van der Waals surface area contributed by atoms with Crippen LogP contribution in [0.2, 0.25) is 5.02 Å². The Bertz CT molecular complexity index is 421. The van der Waals surface area contributed by atoms with Crippen LogP contribution in [0, 0.1) is 5.92 Å². The van der Waals surface area contributed by atoms with Gasteiger partial charge in [0.05, 0.1) is 17.3 Å². The summed E-state index contributed by atoms with van der Waals surface area (Å²) >= 11 is 6.50. The number of methoxy groups -OCH3 is 1. The Labute approximate surface area is 134 Å². The lowest BCUT2D eigenvalue weighted by molar-refractivity contribution is 0.199. The molecule has 0 amide bonds. The highest BCUT2D eigenvalue weighted by molar-refractivity contribution is 6.33. The summed E-state index contributed by atoms with van der Waals surface area (Å²) in [7, 11) is 1.72. The Morgan fingerprint density at radius 3 is 2.52 bits per heavy atom. The summed E-state index contributed by atoms with van der Waals surface area (Å²) in [5.41, 5.74) is 2.40. The zero-order valence-corrected chi connectivity index (χ0v) is 14.7. The van der Waals surface area contributed by atoms with E-state index in [0.29, 0.717) is 12.0 Å². The van der Waals surface area contributed by atoms with Gasteiger partial charge in [0.15, 0.2) is 0 Å². The molecule has 4 heteroatoms. The molecule has 3 nitrogen and oxygen atoms in total. The Kier molecular flexibility index (Phi) is 8.09. The van der Waals surface area contributed by atoms with Crippen molar-refractivity contribution in [1.29, 1.82) is 0 Å². The van der Waals surface area contributed by atoms with Crippen LogP contribution >= 0.6 is 11.6 Å². The van der Waals surface area contributed by atoms with E-state index in [4.69, 9.17) is 16.3 Å². The van der Waals surface area contributed by atoms with E-state index in [-0.39, 0.29) is 0 Å². The fourth-order valence-corrected chi connectivity index (χ4v) is 2.68. The van der Waals surface area contributed by atoms with Crippen LogP contribution in [0.15, 0.2) is 18.2 Å². The standard InChI is InChI=1S/C17H29ClN2O/c1-13(2)12-20(14(3)4)17-15(7-6-8-16(17)18)11-19-9-10-21-5/h6-8,13-14,19H,9-12H2,1-5H3. The van der Waals surface area contributed by atoms with Crippen molar-refractivity contribution >= 4 is 17.3 Å². The van der Waals surface area contributed by atoms with Crippen LogP contribution in [0.3, 0.4) is 0 Å². The minimum atomic E-state index is 0.421. The highest BCUT2D eigenvalue weighted by Gasteiger charge is 2.18. The molecule has 0 saturated heterocycles. The number of rotatable bonds is 9. The van der Waals surface area contributed by atoms with E-state index in [2.05, 4.69) is 44.0 Å². The summed E-state index contributed by atoms with van der Waals surface area (Å²) in [5.74, 6) is 0.595. The van der Waals surface area contributed by atoms with E-state index < -0.39 is 0 Å². The Hall–Kier alpha value is -0.770. The molecular formula is C17H29ClN2O. The van der Waals surface area contributed by atoms with Crippen molar-refractivity contribution in [3.05, 3.63) is 28.8 Å². The molecule has 1 rings (SSSR count). The van der Waals surface area contributed by atoms with Crippen molar-refractivity contribution in [2.75, 3.05) is 31.7 Å². The maximum Gasteiger partial charge on any atom is 0.0643 e. The lowest BCUT2D eigenvalue weighted by Crippen LogP contribution is -2.35. The first-order chi connectivity index (χ1) is 9.97. The first kappa shape index (κ1) is 18.3. The fourth-order valence-electron chi connectivity index (χ4n) is 2.38. The number of hydrogen-bond donors (Lipinski definition) is 1. The predicted molar refractivity (Wildman–Crippen MR) is 92.4 cm³/mol. The SMILES string of the molecule is COCCNCc1cccc(Cl)c1N(CC(C)C)C(C)C. The van der Waals surface area contributed by atoms with Gasteiger partial charge in [0.25, 0.3) is 0 Å². The summed E-state index contributed by atoms with van der Waals surface area (Å²) < 4.78 is 5.07.